The van der Waals surface area contributed by atoms with Crippen molar-refractivity contribution in [3.05, 3.63) is 65.2 Å². The van der Waals surface area contributed by atoms with Crippen LogP contribution in [0.25, 0.3) is 0 Å². The first-order chi connectivity index (χ1) is 13.9. The van der Waals surface area contributed by atoms with Crippen molar-refractivity contribution in [1.29, 1.82) is 0 Å². The van der Waals surface area contributed by atoms with Crippen LogP contribution in [0.5, 0.6) is 0 Å². The van der Waals surface area contributed by atoms with E-state index in [0.29, 0.717) is 48.7 Å². The number of rotatable bonds is 6. The lowest BCUT2D eigenvalue weighted by Gasteiger charge is -2.26. The van der Waals surface area contributed by atoms with Crippen LogP contribution in [0.3, 0.4) is 0 Å². The highest BCUT2D eigenvalue weighted by molar-refractivity contribution is 7.88. The molecule has 0 radical (unpaired) electrons. The molecule has 2 aromatic rings. The molecule has 9 heteroatoms. The van der Waals surface area contributed by atoms with Gasteiger partial charge in [-0.15, -0.1) is 0 Å². The number of benzene rings is 2. The number of anilines is 1. The van der Waals surface area contributed by atoms with Crippen LogP contribution in [0.15, 0.2) is 48.5 Å². The fourth-order valence-corrected chi connectivity index (χ4v) is 4.43. The lowest BCUT2D eigenvalue weighted by molar-refractivity contribution is 0.0600. The highest BCUT2D eigenvalue weighted by Crippen LogP contribution is 2.16. The van der Waals surface area contributed by atoms with Crippen molar-refractivity contribution in [1.82, 2.24) is 4.31 Å². The summed E-state index contributed by atoms with van der Waals surface area (Å²) in [5.74, 6) is -0.989. The Balaban J connectivity index is 1.65. The summed E-state index contributed by atoms with van der Waals surface area (Å²) in [6.07, 6.45) is 0. The number of ether oxygens (including phenoxy) is 2. The molecule has 1 saturated heterocycles. The molecule has 1 amide bonds. The number of nitrogens with one attached hydrogen (secondary N) is 1. The molecule has 1 aliphatic heterocycles. The molecule has 0 bridgehead atoms. The first-order valence-electron chi connectivity index (χ1n) is 9.03. The van der Waals surface area contributed by atoms with Crippen LogP contribution in [0, 0.1) is 0 Å². The molecule has 1 N–H and O–H groups in total. The topological polar surface area (TPSA) is 102 Å². The first kappa shape index (κ1) is 21.0. The lowest BCUT2D eigenvalue weighted by atomic mass is 10.1. The van der Waals surface area contributed by atoms with E-state index in [2.05, 4.69) is 10.1 Å². The molecule has 8 nitrogen and oxygen atoms in total. The zero-order chi connectivity index (χ0) is 20.9. The Morgan fingerprint density at radius 2 is 1.76 bits per heavy atom. The van der Waals surface area contributed by atoms with Crippen LogP contribution in [0.4, 0.5) is 5.69 Å². The van der Waals surface area contributed by atoms with Crippen LogP contribution in [-0.2, 0) is 25.2 Å². The highest BCUT2D eigenvalue weighted by Gasteiger charge is 2.24. The molecule has 1 fully saturated rings. The molecule has 3 rings (SSSR count). The molecular weight excluding hydrogens is 396 g/mol. The van der Waals surface area contributed by atoms with Gasteiger partial charge >= 0.3 is 5.97 Å². The third kappa shape index (κ3) is 5.41. The van der Waals surface area contributed by atoms with E-state index in [9.17, 15) is 18.0 Å². The Hall–Kier alpha value is -2.75. The number of carbonyl (C=O) groups excluding carboxylic acids is 2. The summed E-state index contributed by atoms with van der Waals surface area (Å²) in [5.41, 5.74) is 1.76. The summed E-state index contributed by atoms with van der Waals surface area (Å²) in [4.78, 5) is 24.0. The van der Waals surface area contributed by atoms with Gasteiger partial charge in [-0.3, -0.25) is 4.79 Å². The standard InChI is InChI=1S/C20H22N2O6S/c1-27-20(24)17-3-2-4-18(13-17)21-19(23)16-7-5-15(6-8-16)14-29(25,26)22-9-11-28-12-10-22/h2-8,13H,9-12,14H2,1H3,(H,21,23). The third-order valence-electron chi connectivity index (χ3n) is 4.47. The summed E-state index contributed by atoms with van der Waals surface area (Å²) in [6.45, 7) is 1.51. The highest BCUT2D eigenvalue weighted by atomic mass is 32.2. The molecule has 0 aliphatic carbocycles. The van der Waals surface area contributed by atoms with Crippen molar-refractivity contribution < 1.29 is 27.5 Å². The van der Waals surface area contributed by atoms with Gasteiger partial charge in [0.1, 0.15) is 0 Å². The number of methoxy groups -OCH3 is 1. The van der Waals surface area contributed by atoms with Crippen LogP contribution < -0.4 is 5.32 Å². The van der Waals surface area contributed by atoms with Crippen molar-refractivity contribution in [3.63, 3.8) is 0 Å². The number of hydrogen-bond acceptors (Lipinski definition) is 6. The maximum absolute atomic E-state index is 12.5. The fourth-order valence-electron chi connectivity index (χ4n) is 2.92. The number of carbonyl (C=O) groups is 2. The van der Waals surface area contributed by atoms with Crippen molar-refractivity contribution in [2.45, 2.75) is 5.75 Å². The normalized spacial score (nSPS) is 14.9. The Bertz CT molecular complexity index is 982. The van der Waals surface area contributed by atoms with E-state index in [1.165, 1.54) is 17.5 Å². The quantitative estimate of drug-likeness (QED) is 0.719. The molecule has 0 spiro atoms. The smallest absolute Gasteiger partial charge is 0.337 e. The second-order valence-corrected chi connectivity index (χ2v) is 8.46. The molecule has 0 atom stereocenters. The average Bonchev–Trinajstić information content (AvgIpc) is 2.74. The third-order valence-corrected chi connectivity index (χ3v) is 6.32. The summed E-state index contributed by atoms with van der Waals surface area (Å²) < 4.78 is 36.2. The van der Waals surface area contributed by atoms with E-state index >= 15 is 0 Å². The summed E-state index contributed by atoms with van der Waals surface area (Å²) in [5, 5.41) is 2.71. The van der Waals surface area contributed by atoms with Crippen molar-refractivity contribution >= 4 is 27.6 Å². The summed E-state index contributed by atoms with van der Waals surface area (Å²) >= 11 is 0. The van der Waals surface area contributed by atoms with Gasteiger partial charge in [0.2, 0.25) is 10.0 Å². The van der Waals surface area contributed by atoms with Crippen LogP contribution in [-0.4, -0.2) is 58.0 Å². The second-order valence-electron chi connectivity index (χ2n) is 6.49. The van der Waals surface area contributed by atoms with Gasteiger partial charge < -0.3 is 14.8 Å². The molecule has 154 valence electrons. The molecule has 0 saturated carbocycles. The van der Waals surface area contributed by atoms with E-state index in [-0.39, 0.29) is 11.7 Å². The number of hydrogen-bond donors (Lipinski definition) is 1. The predicted molar refractivity (Wildman–Crippen MR) is 107 cm³/mol. The van der Waals surface area contributed by atoms with Crippen molar-refractivity contribution in [2.75, 3.05) is 38.7 Å². The summed E-state index contributed by atoms with van der Waals surface area (Å²) in [6, 6.07) is 12.8. The Kier molecular flexibility index (Phi) is 6.63. The van der Waals surface area contributed by atoms with E-state index in [0.717, 1.165) is 0 Å². The van der Waals surface area contributed by atoms with Gasteiger partial charge in [-0.25, -0.2) is 13.2 Å². The van der Waals surface area contributed by atoms with E-state index in [1.807, 2.05) is 0 Å². The average molecular weight is 418 g/mol. The Morgan fingerprint density at radius 1 is 1.07 bits per heavy atom. The Morgan fingerprint density at radius 3 is 2.41 bits per heavy atom. The molecule has 1 heterocycles. The summed E-state index contributed by atoms with van der Waals surface area (Å²) in [7, 11) is -2.14. The van der Waals surface area contributed by atoms with Crippen LogP contribution in [0.1, 0.15) is 26.3 Å². The maximum atomic E-state index is 12.5. The molecule has 0 aromatic heterocycles. The number of morpholine rings is 1. The molecule has 2 aromatic carbocycles. The van der Waals surface area contributed by atoms with E-state index in [1.54, 1.807) is 42.5 Å². The monoisotopic (exact) mass is 418 g/mol. The molecule has 29 heavy (non-hydrogen) atoms. The van der Waals surface area contributed by atoms with Gasteiger partial charge in [0.15, 0.2) is 0 Å². The van der Waals surface area contributed by atoms with E-state index < -0.39 is 16.0 Å². The van der Waals surface area contributed by atoms with Gasteiger partial charge in [-0.1, -0.05) is 18.2 Å². The fraction of sp³-hybridized carbons (Fsp3) is 0.300. The van der Waals surface area contributed by atoms with Crippen LogP contribution >= 0.6 is 0 Å². The van der Waals surface area contributed by atoms with Crippen molar-refractivity contribution in [3.8, 4) is 0 Å². The first-order valence-corrected chi connectivity index (χ1v) is 10.6. The minimum absolute atomic E-state index is 0.129. The van der Waals surface area contributed by atoms with Gasteiger partial charge in [0.25, 0.3) is 5.91 Å². The second kappa shape index (κ2) is 9.17. The minimum atomic E-state index is -3.42. The lowest BCUT2D eigenvalue weighted by Crippen LogP contribution is -2.41. The number of sulfonamides is 1. The van der Waals surface area contributed by atoms with Gasteiger partial charge in [-0.05, 0) is 35.9 Å². The van der Waals surface area contributed by atoms with Gasteiger partial charge in [0.05, 0.1) is 31.6 Å². The van der Waals surface area contributed by atoms with Crippen LogP contribution in [0.2, 0.25) is 0 Å². The number of esters is 1. The Labute approximate surface area is 169 Å². The molecule has 0 unspecified atom stereocenters. The van der Waals surface area contributed by atoms with E-state index in [4.69, 9.17) is 4.74 Å². The maximum Gasteiger partial charge on any atom is 0.337 e. The zero-order valence-electron chi connectivity index (χ0n) is 16.0. The number of amides is 1. The van der Waals surface area contributed by atoms with Crippen molar-refractivity contribution in [2.24, 2.45) is 0 Å². The van der Waals surface area contributed by atoms with Gasteiger partial charge in [-0.2, -0.15) is 4.31 Å². The van der Waals surface area contributed by atoms with Gasteiger partial charge in [0, 0.05) is 24.3 Å². The zero-order valence-corrected chi connectivity index (χ0v) is 16.8. The molecule has 1 aliphatic rings. The minimum Gasteiger partial charge on any atom is -0.465 e. The molecular formula is C20H22N2O6S. The predicted octanol–water partition coefficient (Wildman–Crippen LogP) is 1.89. The largest absolute Gasteiger partial charge is 0.465 e. The SMILES string of the molecule is COC(=O)c1cccc(NC(=O)c2ccc(CS(=O)(=O)N3CCOCC3)cc2)c1. The number of nitrogens with zero attached hydrogens (tertiary/aromatic N) is 1.